The van der Waals surface area contributed by atoms with Crippen LogP contribution in [0.2, 0.25) is 0 Å². The monoisotopic (exact) mass is 1290 g/mol. The van der Waals surface area contributed by atoms with E-state index >= 15 is 0 Å². The third kappa shape index (κ3) is 25.6. The number of carbonyl (C=O) groups excluding carboxylic acids is 4. The number of fused-ring (bicyclic) bond motifs is 3. The fourth-order valence-electron chi connectivity index (χ4n) is 8.04. The molecule has 0 unspecified atom stereocenters. The number of esters is 2. The molecule has 480 valence electrons. The number of amides is 1. The molecule has 0 radical (unpaired) electrons. The molecule has 10 N–H and O–H groups in total. The standard InChI is InChI=1S/C19H18FN3O2.C14H16N2O3.C13H14N2O3.C10H11NO3.C6H6FN.C5H9N.K.H2O/c1-11(2)9-17-22-16-10-12(3-8-15(16)19(25)23-17)18(24)21-14-6-4-13(20)5-7-14;1-8(2)6-12-15-11-7-9(14(18)19-3)4-5-10(11)13(17)16-12;1-7(2)5-11-14-10-6-8(13(17)18)3-4-9(10)12(16)15-11;1-6(12)8-4-3-7(5-9(8)11)10(13)14-2;7-5-1-3-6(8)4-2-5;1-5(2)3-4-6;;/h3-8,10-11H,9H2,1-2H3,(H,21,24)(H,22,23,25);4-5,7-8H,6H2,1-3H3,(H,15,16,17);3-4,6-7H,5H2,1-2H3,(H,17,18)(H,14,15,16);3-5H,11H2,1-2H3;1-4H,8H2;5H,3H2,1-2H3;;1H2/q;;;;;;+1;/p-1. The molecule has 0 saturated carbocycles. The van der Waals surface area contributed by atoms with Crippen molar-refractivity contribution in [2.24, 2.45) is 23.7 Å². The van der Waals surface area contributed by atoms with E-state index in [0.717, 1.165) is 0 Å². The summed E-state index contributed by atoms with van der Waals surface area (Å²) in [5.41, 5.74) is 14.7. The Morgan fingerprint density at radius 2 is 0.913 bits per heavy atom. The Morgan fingerprint density at radius 1 is 0.554 bits per heavy atom. The van der Waals surface area contributed by atoms with E-state index in [4.69, 9.17) is 21.8 Å². The number of carboxylic acids is 1. The van der Waals surface area contributed by atoms with Crippen molar-refractivity contribution in [3.8, 4) is 6.07 Å². The minimum absolute atomic E-state index is 0. The van der Waals surface area contributed by atoms with Crippen LogP contribution in [0.15, 0.2) is 136 Å². The van der Waals surface area contributed by atoms with E-state index in [1.54, 1.807) is 36.4 Å². The molecule has 0 aliphatic carbocycles. The van der Waals surface area contributed by atoms with Crippen LogP contribution in [0.5, 0.6) is 0 Å². The summed E-state index contributed by atoms with van der Waals surface area (Å²) >= 11 is 0. The van der Waals surface area contributed by atoms with E-state index in [1.807, 2.05) is 41.5 Å². The van der Waals surface area contributed by atoms with Gasteiger partial charge in [0, 0.05) is 53.9 Å². The van der Waals surface area contributed by atoms with Crippen LogP contribution >= 0.6 is 0 Å². The van der Waals surface area contributed by atoms with E-state index in [2.05, 4.69) is 64.6 Å². The SMILES string of the molecule is CC(C)CC#N.CC(C)Cc1nc2cc(C(=O)Nc3ccc(F)cc3)ccc2c(=O)[nH]1.CC(C)Cc1nc2cc(C(=O)O)ccc2c(=O)[nH]1.COC(=O)c1ccc(C(C)=O)c(N)c1.COC(=O)c1ccc2c(=O)[nH]c(CC(C)C)nc2c1.Nc1ccc(F)cc1.[K+].[OH-]. The van der Waals surface area contributed by atoms with Crippen LogP contribution in [0.3, 0.4) is 0 Å². The molecule has 6 aromatic carbocycles. The van der Waals surface area contributed by atoms with Crippen LogP contribution < -0.4 is 84.8 Å². The zero-order valence-electron chi connectivity index (χ0n) is 53.4. The number of ketones is 1. The van der Waals surface area contributed by atoms with Gasteiger partial charge in [-0.1, -0.05) is 55.4 Å². The Balaban J connectivity index is 0.000000393. The van der Waals surface area contributed by atoms with E-state index < -0.39 is 17.9 Å². The van der Waals surface area contributed by atoms with E-state index in [0.29, 0.717) is 139 Å². The molecule has 92 heavy (non-hydrogen) atoms. The predicted molar refractivity (Wildman–Crippen MR) is 345 cm³/mol. The minimum atomic E-state index is -1.02. The number of hydrogen-bond acceptors (Lipinski definition) is 17. The van der Waals surface area contributed by atoms with Crippen LogP contribution in [0.25, 0.3) is 32.7 Å². The van der Waals surface area contributed by atoms with Crippen LogP contribution in [0, 0.1) is 46.6 Å². The van der Waals surface area contributed by atoms with Gasteiger partial charge in [-0.3, -0.25) is 24.0 Å². The Hall–Kier alpha value is -9.16. The summed E-state index contributed by atoms with van der Waals surface area (Å²) < 4.78 is 34.1. The second-order valence-corrected chi connectivity index (χ2v) is 21.9. The number of nitrogens with zero attached hydrogens (tertiary/aromatic N) is 4. The second-order valence-electron chi connectivity index (χ2n) is 21.9. The number of Topliss-reactive ketones (excluding diaryl/α,β-unsaturated/α-hetero) is 1. The number of H-pyrrole nitrogens is 3. The number of aromatic amines is 3. The van der Waals surface area contributed by atoms with Gasteiger partial charge in [0.05, 0.1) is 69.7 Å². The maximum absolute atomic E-state index is 12.9. The zero-order valence-corrected chi connectivity index (χ0v) is 56.5. The van der Waals surface area contributed by atoms with Gasteiger partial charge in [0.1, 0.15) is 29.1 Å². The van der Waals surface area contributed by atoms with Crippen molar-refractivity contribution >= 4 is 79.4 Å². The Bertz CT molecular complexity index is 4190. The van der Waals surface area contributed by atoms with Crippen LogP contribution in [0.1, 0.15) is 138 Å². The van der Waals surface area contributed by atoms with Gasteiger partial charge in [0.25, 0.3) is 22.6 Å². The number of hydrogen-bond donors (Lipinski definition) is 7. The van der Waals surface area contributed by atoms with Gasteiger partial charge in [0.2, 0.25) is 0 Å². The first kappa shape index (κ1) is 78.9. The molecule has 0 spiro atoms. The zero-order chi connectivity index (χ0) is 66.9. The van der Waals surface area contributed by atoms with Crippen molar-refractivity contribution in [2.75, 3.05) is 31.0 Å². The predicted octanol–water partition coefficient (Wildman–Crippen LogP) is 8.29. The number of carbonyl (C=O) groups is 5. The summed E-state index contributed by atoms with van der Waals surface area (Å²) in [7, 11) is 2.61. The summed E-state index contributed by atoms with van der Waals surface area (Å²) in [6.45, 7) is 17.7. The number of carboxylic acid groups (broad SMARTS) is 1. The van der Waals surface area contributed by atoms with Gasteiger partial charge in [0.15, 0.2) is 5.78 Å². The first-order valence-corrected chi connectivity index (χ1v) is 28.4. The fraction of sp³-hybridized carbons (Fsp3) is 0.284. The fourth-order valence-corrected chi connectivity index (χ4v) is 8.04. The molecule has 9 rings (SSSR count). The molecule has 0 aliphatic rings. The number of nitrogen functional groups attached to an aromatic ring is 2. The number of aromatic carboxylic acids is 1. The average molecular weight is 1290 g/mol. The molecule has 0 aliphatic heterocycles. The molecule has 0 saturated heterocycles. The van der Waals surface area contributed by atoms with E-state index in [-0.39, 0.29) is 102 Å². The molecule has 1 amide bonds. The quantitative estimate of drug-likeness (QED) is 0.0247. The summed E-state index contributed by atoms with van der Waals surface area (Å²) in [5, 5.41) is 20.9. The molecule has 3 heterocycles. The second kappa shape index (κ2) is 38.5. The minimum Gasteiger partial charge on any atom is -0.870 e. The summed E-state index contributed by atoms with van der Waals surface area (Å²) in [5.74, 6) is 0.455. The van der Waals surface area contributed by atoms with Gasteiger partial charge in [-0.25, -0.2) is 38.1 Å². The van der Waals surface area contributed by atoms with Gasteiger partial charge < -0.3 is 51.8 Å². The average Bonchev–Trinajstić information content (AvgIpc) is 0.941. The van der Waals surface area contributed by atoms with E-state index in [1.165, 1.54) is 106 Å². The number of benzene rings is 6. The summed E-state index contributed by atoms with van der Waals surface area (Å²) in [6, 6.07) is 31.6. The van der Waals surface area contributed by atoms with Gasteiger partial charge in [-0.15, -0.1) is 0 Å². The van der Waals surface area contributed by atoms with Crippen molar-refractivity contribution in [1.29, 1.82) is 5.26 Å². The number of nitrogens with one attached hydrogen (secondary N) is 4. The van der Waals surface area contributed by atoms with Crippen molar-refractivity contribution in [2.45, 2.75) is 88.0 Å². The van der Waals surface area contributed by atoms with Gasteiger partial charge in [-0.05, 0) is 152 Å². The Morgan fingerprint density at radius 3 is 1.25 bits per heavy atom. The summed E-state index contributed by atoms with van der Waals surface area (Å²) in [4.78, 5) is 114. The molecule has 0 atom stereocenters. The number of halogens is 2. The maximum atomic E-state index is 12.9. The number of nitrogens with two attached hydrogens (primary N) is 2. The Kier molecular flexibility index (Phi) is 33.0. The molecule has 0 bridgehead atoms. The molecule has 22 nitrogen and oxygen atoms in total. The number of nitriles is 1. The third-order valence-electron chi connectivity index (χ3n) is 12.3. The number of anilines is 3. The number of rotatable bonds is 13. The topological polar surface area (TPSA) is 379 Å². The molecular formula is C67H75F2KN10O12. The molecule has 9 aromatic rings. The van der Waals surface area contributed by atoms with Crippen molar-refractivity contribution in [3.05, 3.63) is 209 Å². The van der Waals surface area contributed by atoms with Crippen molar-refractivity contribution in [3.63, 3.8) is 0 Å². The van der Waals surface area contributed by atoms with Gasteiger partial charge >= 0.3 is 69.3 Å². The molecule has 3 aromatic heterocycles. The summed E-state index contributed by atoms with van der Waals surface area (Å²) in [6.07, 6.45) is 2.67. The van der Waals surface area contributed by atoms with Crippen LogP contribution in [-0.4, -0.2) is 84.3 Å². The van der Waals surface area contributed by atoms with Gasteiger partial charge in [-0.2, -0.15) is 5.26 Å². The maximum Gasteiger partial charge on any atom is 1.00 e. The smallest absolute Gasteiger partial charge is 0.870 e. The number of methoxy groups -OCH3 is 2. The van der Waals surface area contributed by atoms with Crippen LogP contribution in [-0.2, 0) is 28.7 Å². The largest absolute Gasteiger partial charge is 1.00 e. The first-order valence-electron chi connectivity index (χ1n) is 28.4. The first-order chi connectivity index (χ1) is 42.5. The van der Waals surface area contributed by atoms with Crippen molar-refractivity contribution < 1.29 is 104 Å². The van der Waals surface area contributed by atoms with Crippen LogP contribution in [0.4, 0.5) is 25.8 Å². The Labute approximate surface area is 572 Å². The molecule has 25 heteroatoms. The number of aromatic nitrogens is 6. The normalized spacial score (nSPS) is 10.2. The third-order valence-corrected chi connectivity index (χ3v) is 12.3. The number of ether oxygens (including phenoxy) is 2. The molecule has 0 fully saturated rings. The van der Waals surface area contributed by atoms with E-state index in [9.17, 15) is 47.1 Å². The molecular weight excluding hydrogens is 1210 g/mol. The van der Waals surface area contributed by atoms with Crippen molar-refractivity contribution in [1.82, 2.24) is 29.9 Å².